The topological polar surface area (TPSA) is 66.1 Å². The fourth-order valence-electron chi connectivity index (χ4n) is 2.65. The second kappa shape index (κ2) is 6.95. The molecule has 5 nitrogen and oxygen atoms in total. The molecule has 1 aromatic heterocycles. The molecule has 134 valence electrons. The predicted molar refractivity (Wildman–Crippen MR) is 96.9 cm³/mol. The Morgan fingerprint density at radius 3 is 2.35 bits per heavy atom. The average Bonchev–Trinajstić information content (AvgIpc) is 2.62. The number of H-pyrrole nitrogens is 1. The second-order valence-corrected chi connectivity index (χ2v) is 6.76. The van der Waals surface area contributed by atoms with Crippen LogP contribution >= 0.6 is 15.9 Å². The van der Waals surface area contributed by atoms with Gasteiger partial charge in [0.25, 0.3) is 11.5 Å². The van der Waals surface area contributed by atoms with Crippen molar-refractivity contribution in [3.05, 3.63) is 74.1 Å². The second-order valence-electron chi connectivity index (χ2n) is 5.85. The molecular weight excluding hydrogens is 408 g/mol. The number of fused-ring (bicyclic) bond motifs is 1. The highest BCUT2D eigenvalue weighted by Gasteiger charge is 2.23. The van der Waals surface area contributed by atoms with Gasteiger partial charge in [-0.05, 0) is 43.3 Å². The van der Waals surface area contributed by atoms with Crippen molar-refractivity contribution >= 4 is 32.6 Å². The van der Waals surface area contributed by atoms with Crippen molar-refractivity contribution in [1.82, 2.24) is 15.1 Å². The zero-order chi connectivity index (χ0) is 19.0. The maximum Gasteiger partial charge on any atom is 0.272 e. The summed E-state index contributed by atoms with van der Waals surface area (Å²) >= 11 is 3.31. The highest BCUT2D eigenvalue weighted by Crippen LogP contribution is 2.26. The molecule has 0 saturated carbocycles. The summed E-state index contributed by atoms with van der Waals surface area (Å²) in [4.78, 5) is 26.0. The molecule has 0 saturated heterocycles. The first-order chi connectivity index (χ1) is 12.3. The summed E-state index contributed by atoms with van der Waals surface area (Å²) in [7, 11) is 1.58. The summed E-state index contributed by atoms with van der Waals surface area (Å²) in [6, 6.07) is 8.01. The van der Waals surface area contributed by atoms with Crippen molar-refractivity contribution in [3.63, 3.8) is 0 Å². The third-order valence-electron chi connectivity index (χ3n) is 4.25. The van der Waals surface area contributed by atoms with Crippen molar-refractivity contribution in [3.8, 4) is 0 Å². The van der Waals surface area contributed by atoms with E-state index in [1.165, 1.54) is 4.90 Å². The third-order valence-corrected chi connectivity index (χ3v) is 4.78. The first kappa shape index (κ1) is 18.2. The monoisotopic (exact) mass is 421 g/mol. The lowest BCUT2D eigenvalue weighted by atomic mass is 10.0. The Morgan fingerprint density at radius 1 is 1.15 bits per heavy atom. The number of hydrogen-bond acceptors (Lipinski definition) is 3. The summed E-state index contributed by atoms with van der Waals surface area (Å²) in [5.41, 5.74) is 0.108. The molecule has 0 radical (unpaired) electrons. The van der Waals surface area contributed by atoms with Gasteiger partial charge in [0.2, 0.25) is 0 Å². The number of aromatic amines is 1. The Bertz CT molecular complexity index is 1050. The average molecular weight is 422 g/mol. The van der Waals surface area contributed by atoms with Crippen LogP contribution in [0.4, 0.5) is 8.78 Å². The number of benzene rings is 2. The maximum absolute atomic E-state index is 13.7. The lowest BCUT2D eigenvalue weighted by molar-refractivity contribution is 0.0740. The van der Waals surface area contributed by atoms with Gasteiger partial charge in [-0.2, -0.15) is 5.10 Å². The van der Waals surface area contributed by atoms with Gasteiger partial charge in [-0.25, -0.2) is 13.9 Å². The van der Waals surface area contributed by atoms with E-state index in [1.54, 1.807) is 38.2 Å². The van der Waals surface area contributed by atoms with Crippen molar-refractivity contribution in [2.45, 2.75) is 13.0 Å². The minimum Gasteiger partial charge on any atom is -0.333 e. The number of amides is 1. The summed E-state index contributed by atoms with van der Waals surface area (Å²) < 4.78 is 28.0. The number of hydrogen-bond donors (Lipinski definition) is 1. The van der Waals surface area contributed by atoms with Crippen molar-refractivity contribution in [1.29, 1.82) is 0 Å². The Kier molecular flexibility index (Phi) is 4.86. The Hall–Kier alpha value is -2.61. The van der Waals surface area contributed by atoms with Crippen LogP contribution in [0, 0.1) is 11.6 Å². The molecule has 1 N–H and O–H groups in total. The van der Waals surface area contributed by atoms with Crippen LogP contribution in [0.2, 0.25) is 0 Å². The summed E-state index contributed by atoms with van der Waals surface area (Å²) in [5.74, 6) is -2.47. The lowest BCUT2D eigenvalue weighted by Gasteiger charge is -2.25. The van der Waals surface area contributed by atoms with E-state index in [9.17, 15) is 18.4 Å². The molecule has 1 amide bonds. The quantitative estimate of drug-likeness (QED) is 0.699. The molecule has 2 aromatic carbocycles. The van der Waals surface area contributed by atoms with Gasteiger partial charge in [0.05, 0.1) is 17.1 Å². The van der Waals surface area contributed by atoms with Crippen LogP contribution in [0.15, 0.2) is 45.7 Å². The van der Waals surface area contributed by atoms with Crippen LogP contribution in [-0.2, 0) is 0 Å². The summed E-state index contributed by atoms with van der Waals surface area (Å²) in [6.07, 6.45) is 0. The summed E-state index contributed by atoms with van der Waals surface area (Å²) in [6.45, 7) is 1.69. The highest BCUT2D eigenvalue weighted by atomic mass is 79.9. The molecule has 0 aliphatic heterocycles. The number of aromatic nitrogens is 2. The van der Waals surface area contributed by atoms with E-state index in [0.29, 0.717) is 5.56 Å². The van der Waals surface area contributed by atoms with E-state index in [1.807, 2.05) is 0 Å². The molecule has 0 unspecified atom stereocenters. The smallest absolute Gasteiger partial charge is 0.272 e. The zero-order valence-corrected chi connectivity index (χ0v) is 15.5. The van der Waals surface area contributed by atoms with E-state index in [4.69, 9.17) is 0 Å². The van der Waals surface area contributed by atoms with Crippen LogP contribution in [0.3, 0.4) is 0 Å². The van der Waals surface area contributed by atoms with Gasteiger partial charge in [0, 0.05) is 22.5 Å². The van der Waals surface area contributed by atoms with E-state index in [0.717, 1.165) is 16.6 Å². The molecule has 1 heterocycles. The van der Waals surface area contributed by atoms with Crippen LogP contribution in [0.1, 0.15) is 29.0 Å². The van der Waals surface area contributed by atoms with Crippen LogP contribution in [0.25, 0.3) is 10.8 Å². The molecule has 3 rings (SSSR count). The van der Waals surface area contributed by atoms with Crippen LogP contribution in [0.5, 0.6) is 0 Å². The van der Waals surface area contributed by atoms with Gasteiger partial charge in [-0.3, -0.25) is 9.59 Å². The van der Waals surface area contributed by atoms with Gasteiger partial charge in [0.15, 0.2) is 11.6 Å². The molecule has 26 heavy (non-hydrogen) atoms. The summed E-state index contributed by atoms with van der Waals surface area (Å²) in [5, 5.41) is 6.37. The highest BCUT2D eigenvalue weighted by molar-refractivity contribution is 9.10. The van der Waals surface area contributed by atoms with Crippen molar-refractivity contribution in [2.24, 2.45) is 0 Å². The Balaban J connectivity index is 2.04. The molecule has 0 bridgehead atoms. The van der Waals surface area contributed by atoms with Gasteiger partial charge < -0.3 is 4.90 Å². The van der Waals surface area contributed by atoms with Crippen LogP contribution in [-0.4, -0.2) is 28.1 Å². The van der Waals surface area contributed by atoms with Gasteiger partial charge in [-0.1, -0.05) is 15.9 Å². The van der Waals surface area contributed by atoms with Crippen molar-refractivity contribution in [2.75, 3.05) is 7.05 Å². The predicted octanol–water partition coefficient (Wildman–Crippen LogP) is 3.80. The largest absolute Gasteiger partial charge is 0.333 e. The van der Waals surface area contributed by atoms with Gasteiger partial charge >= 0.3 is 0 Å². The van der Waals surface area contributed by atoms with Gasteiger partial charge in [0.1, 0.15) is 0 Å². The van der Waals surface area contributed by atoms with Crippen LogP contribution < -0.4 is 5.56 Å². The zero-order valence-electron chi connectivity index (χ0n) is 13.9. The number of carbonyl (C=O) groups is 1. The molecule has 8 heteroatoms. The number of nitrogens with one attached hydrogen (secondary N) is 1. The Morgan fingerprint density at radius 2 is 1.73 bits per heavy atom. The molecule has 3 aromatic rings. The van der Waals surface area contributed by atoms with E-state index in [-0.39, 0.29) is 22.4 Å². The molecule has 1 atom stereocenters. The Labute approximate surface area is 155 Å². The molecule has 0 aliphatic rings. The standard InChI is InChI=1S/C18H14BrF2N3O2/c1-9(24(2)18(26)10-3-5-11(19)6-4-10)16-12-7-14(20)15(21)8-13(12)17(25)23-22-16/h3-9H,1-2H3,(H,23,25)/t9-/m1/s1. The first-order valence-corrected chi connectivity index (χ1v) is 8.49. The minimum absolute atomic E-state index is 0.0229. The molecular formula is C18H14BrF2N3O2. The fourth-order valence-corrected chi connectivity index (χ4v) is 2.92. The SMILES string of the molecule is C[C@H](c1n[nH]c(=O)c2cc(F)c(F)cc12)N(C)C(=O)c1ccc(Br)cc1. The number of carbonyl (C=O) groups excluding carboxylic acids is 1. The van der Waals surface area contributed by atoms with E-state index < -0.39 is 23.2 Å². The maximum atomic E-state index is 13.7. The molecule has 0 fully saturated rings. The van der Waals surface area contributed by atoms with Gasteiger partial charge in [-0.15, -0.1) is 0 Å². The number of halogens is 3. The van der Waals surface area contributed by atoms with Crippen molar-refractivity contribution < 1.29 is 13.6 Å². The van der Waals surface area contributed by atoms with E-state index in [2.05, 4.69) is 26.1 Å². The molecule has 0 aliphatic carbocycles. The number of nitrogens with zero attached hydrogens (tertiary/aromatic N) is 2. The fraction of sp³-hybridized carbons (Fsp3) is 0.167. The number of rotatable bonds is 3. The first-order valence-electron chi connectivity index (χ1n) is 7.69. The van der Waals surface area contributed by atoms with E-state index >= 15 is 0 Å². The minimum atomic E-state index is -1.12. The third kappa shape index (κ3) is 3.24. The lowest BCUT2D eigenvalue weighted by Crippen LogP contribution is -2.31. The normalized spacial score (nSPS) is 12.2. The molecule has 0 spiro atoms.